The number of carbonyl (C=O) groups is 1. The van der Waals surface area contributed by atoms with Crippen LogP contribution in [0, 0.1) is 0 Å². The SMILES string of the molecule is CCOC(=O)c1ccc(CNc2cnn(CCO)c2)o1. The van der Waals surface area contributed by atoms with E-state index < -0.39 is 5.97 Å². The summed E-state index contributed by atoms with van der Waals surface area (Å²) in [6, 6.07) is 3.31. The van der Waals surface area contributed by atoms with E-state index in [1.165, 1.54) is 0 Å². The standard InChI is InChI=1S/C13H17N3O4/c1-2-19-13(18)12-4-3-11(20-12)8-14-10-7-15-16(9-10)5-6-17/h3-4,7,9,14,17H,2,5-6,8H2,1H3. The van der Waals surface area contributed by atoms with Gasteiger partial charge in [0.15, 0.2) is 0 Å². The third kappa shape index (κ3) is 3.61. The topological polar surface area (TPSA) is 89.5 Å². The Bertz CT molecular complexity index is 561. The Labute approximate surface area is 116 Å². The van der Waals surface area contributed by atoms with Gasteiger partial charge >= 0.3 is 5.97 Å². The van der Waals surface area contributed by atoms with Crippen molar-refractivity contribution in [2.75, 3.05) is 18.5 Å². The maximum Gasteiger partial charge on any atom is 0.374 e. The lowest BCUT2D eigenvalue weighted by atomic mass is 10.4. The monoisotopic (exact) mass is 279 g/mol. The van der Waals surface area contributed by atoms with Crippen molar-refractivity contribution in [1.29, 1.82) is 0 Å². The molecule has 2 aromatic rings. The molecule has 2 N–H and O–H groups in total. The van der Waals surface area contributed by atoms with E-state index in [1.807, 2.05) is 0 Å². The van der Waals surface area contributed by atoms with Crippen molar-refractivity contribution in [1.82, 2.24) is 9.78 Å². The van der Waals surface area contributed by atoms with E-state index in [0.717, 1.165) is 5.69 Å². The van der Waals surface area contributed by atoms with Crippen molar-refractivity contribution in [3.8, 4) is 0 Å². The fourth-order valence-electron chi connectivity index (χ4n) is 1.65. The molecular weight excluding hydrogens is 262 g/mol. The zero-order chi connectivity index (χ0) is 14.4. The van der Waals surface area contributed by atoms with Crippen LogP contribution in [0.15, 0.2) is 28.9 Å². The first-order chi connectivity index (χ1) is 9.72. The summed E-state index contributed by atoms with van der Waals surface area (Å²) in [6.45, 7) is 2.99. The van der Waals surface area contributed by atoms with Gasteiger partial charge in [-0.1, -0.05) is 0 Å². The van der Waals surface area contributed by atoms with Crippen LogP contribution in [-0.2, 0) is 17.8 Å². The van der Waals surface area contributed by atoms with Gasteiger partial charge in [0.2, 0.25) is 5.76 Å². The van der Waals surface area contributed by atoms with Crippen molar-refractivity contribution in [2.45, 2.75) is 20.0 Å². The summed E-state index contributed by atoms with van der Waals surface area (Å²) in [7, 11) is 0. The number of furan rings is 1. The number of ether oxygens (including phenoxy) is 1. The van der Waals surface area contributed by atoms with Gasteiger partial charge in [-0.3, -0.25) is 4.68 Å². The minimum absolute atomic E-state index is 0.0439. The van der Waals surface area contributed by atoms with Crippen LogP contribution in [0.25, 0.3) is 0 Å². The normalized spacial score (nSPS) is 10.5. The Hall–Kier alpha value is -2.28. The second-order valence-electron chi connectivity index (χ2n) is 4.06. The van der Waals surface area contributed by atoms with Gasteiger partial charge in [0, 0.05) is 6.20 Å². The first-order valence-electron chi connectivity index (χ1n) is 6.36. The maximum absolute atomic E-state index is 11.4. The predicted molar refractivity (Wildman–Crippen MR) is 71.3 cm³/mol. The van der Waals surface area contributed by atoms with Crippen LogP contribution in [0.5, 0.6) is 0 Å². The molecule has 2 aromatic heterocycles. The zero-order valence-corrected chi connectivity index (χ0v) is 11.2. The van der Waals surface area contributed by atoms with E-state index in [2.05, 4.69) is 10.4 Å². The molecule has 2 heterocycles. The number of hydrogen-bond acceptors (Lipinski definition) is 6. The van der Waals surface area contributed by atoms with Crippen LogP contribution in [0.2, 0.25) is 0 Å². The molecule has 0 spiro atoms. The number of aliphatic hydroxyl groups excluding tert-OH is 1. The number of rotatable bonds is 7. The fourth-order valence-corrected chi connectivity index (χ4v) is 1.65. The lowest BCUT2D eigenvalue weighted by molar-refractivity contribution is 0.0488. The summed E-state index contributed by atoms with van der Waals surface area (Å²) < 4.78 is 11.8. The lowest BCUT2D eigenvalue weighted by Crippen LogP contribution is -2.03. The highest BCUT2D eigenvalue weighted by atomic mass is 16.5. The molecule has 0 bridgehead atoms. The van der Waals surface area contributed by atoms with Gasteiger partial charge in [0.05, 0.1) is 38.2 Å². The Morgan fingerprint density at radius 3 is 3.15 bits per heavy atom. The van der Waals surface area contributed by atoms with Crippen molar-refractivity contribution in [3.05, 3.63) is 36.0 Å². The number of nitrogens with zero attached hydrogens (tertiary/aromatic N) is 2. The second kappa shape index (κ2) is 6.76. The van der Waals surface area contributed by atoms with Gasteiger partial charge in [0.25, 0.3) is 0 Å². The number of hydrogen-bond donors (Lipinski definition) is 2. The van der Waals surface area contributed by atoms with E-state index in [0.29, 0.717) is 25.5 Å². The van der Waals surface area contributed by atoms with Gasteiger partial charge in [-0.15, -0.1) is 0 Å². The molecule has 0 saturated heterocycles. The molecule has 0 radical (unpaired) electrons. The van der Waals surface area contributed by atoms with Crippen molar-refractivity contribution in [2.24, 2.45) is 0 Å². The van der Waals surface area contributed by atoms with Crippen LogP contribution in [0.3, 0.4) is 0 Å². The summed E-state index contributed by atoms with van der Waals surface area (Å²) in [6.07, 6.45) is 3.44. The molecule has 0 aliphatic heterocycles. The maximum atomic E-state index is 11.4. The molecule has 0 aromatic carbocycles. The molecule has 7 heteroatoms. The fraction of sp³-hybridized carbons (Fsp3) is 0.385. The van der Waals surface area contributed by atoms with Gasteiger partial charge in [0.1, 0.15) is 5.76 Å². The number of anilines is 1. The number of aliphatic hydroxyl groups is 1. The van der Waals surface area contributed by atoms with Crippen molar-refractivity contribution in [3.63, 3.8) is 0 Å². The highest BCUT2D eigenvalue weighted by molar-refractivity contribution is 5.86. The molecule has 7 nitrogen and oxygen atoms in total. The number of aromatic nitrogens is 2. The Morgan fingerprint density at radius 2 is 2.40 bits per heavy atom. The summed E-state index contributed by atoms with van der Waals surface area (Å²) in [5.41, 5.74) is 0.813. The summed E-state index contributed by atoms with van der Waals surface area (Å²) in [5, 5.41) is 16.0. The number of esters is 1. The lowest BCUT2D eigenvalue weighted by Gasteiger charge is -2.00. The molecule has 108 valence electrons. The third-order valence-electron chi connectivity index (χ3n) is 2.57. The first kappa shape index (κ1) is 14.1. The predicted octanol–water partition coefficient (Wildman–Crippen LogP) is 1.26. The zero-order valence-electron chi connectivity index (χ0n) is 11.2. The summed E-state index contributed by atoms with van der Waals surface area (Å²) >= 11 is 0. The Balaban J connectivity index is 1.88. The van der Waals surface area contributed by atoms with Gasteiger partial charge < -0.3 is 19.6 Å². The van der Waals surface area contributed by atoms with Gasteiger partial charge in [-0.05, 0) is 19.1 Å². The smallest absolute Gasteiger partial charge is 0.374 e. The van der Waals surface area contributed by atoms with Crippen molar-refractivity contribution >= 4 is 11.7 Å². The van der Waals surface area contributed by atoms with Crippen LogP contribution in [-0.4, -0.2) is 34.1 Å². The molecule has 0 atom stereocenters. The molecule has 0 unspecified atom stereocenters. The quantitative estimate of drug-likeness (QED) is 0.742. The third-order valence-corrected chi connectivity index (χ3v) is 2.57. The first-order valence-corrected chi connectivity index (χ1v) is 6.36. The van der Waals surface area contributed by atoms with Gasteiger partial charge in [-0.25, -0.2) is 4.79 Å². The minimum Gasteiger partial charge on any atom is -0.460 e. The largest absolute Gasteiger partial charge is 0.460 e. The van der Waals surface area contributed by atoms with Crippen LogP contribution >= 0.6 is 0 Å². The van der Waals surface area contributed by atoms with Crippen LogP contribution in [0.4, 0.5) is 5.69 Å². The number of carbonyl (C=O) groups excluding carboxylic acids is 1. The molecule has 0 amide bonds. The average Bonchev–Trinajstić information content (AvgIpc) is 3.06. The van der Waals surface area contributed by atoms with Crippen molar-refractivity contribution < 1.29 is 19.1 Å². The van der Waals surface area contributed by atoms with Gasteiger partial charge in [-0.2, -0.15) is 5.10 Å². The molecular formula is C13H17N3O4. The highest BCUT2D eigenvalue weighted by Gasteiger charge is 2.11. The summed E-state index contributed by atoms with van der Waals surface area (Å²) in [5.74, 6) is 0.358. The molecule has 2 rings (SSSR count). The highest BCUT2D eigenvalue weighted by Crippen LogP contribution is 2.12. The van der Waals surface area contributed by atoms with E-state index in [4.69, 9.17) is 14.3 Å². The minimum atomic E-state index is -0.463. The molecule has 0 aliphatic carbocycles. The number of nitrogens with one attached hydrogen (secondary N) is 1. The van der Waals surface area contributed by atoms with E-state index in [-0.39, 0.29) is 12.4 Å². The molecule has 20 heavy (non-hydrogen) atoms. The molecule has 0 fully saturated rings. The second-order valence-corrected chi connectivity index (χ2v) is 4.06. The van der Waals surface area contributed by atoms with Crippen LogP contribution in [0.1, 0.15) is 23.2 Å². The van der Waals surface area contributed by atoms with Crippen LogP contribution < -0.4 is 5.32 Å². The Morgan fingerprint density at radius 1 is 1.55 bits per heavy atom. The average molecular weight is 279 g/mol. The summed E-state index contributed by atoms with van der Waals surface area (Å²) in [4.78, 5) is 11.4. The van der Waals surface area contributed by atoms with E-state index in [1.54, 1.807) is 36.1 Å². The molecule has 0 saturated carbocycles. The molecule has 0 aliphatic rings. The van der Waals surface area contributed by atoms with E-state index in [9.17, 15) is 4.79 Å². The van der Waals surface area contributed by atoms with E-state index >= 15 is 0 Å². The Kier molecular flexibility index (Phi) is 4.78.